The number of nitrogens with two attached hydrogens (primary N) is 1. The van der Waals surface area contributed by atoms with E-state index in [1.165, 1.54) is 4.88 Å². The van der Waals surface area contributed by atoms with E-state index in [1.54, 1.807) is 35.6 Å². The molecule has 25 heavy (non-hydrogen) atoms. The second-order valence-corrected chi connectivity index (χ2v) is 7.15. The number of benzene rings is 1. The summed E-state index contributed by atoms with van der Waals surface area (Å²) >= 11 is 1.71. The first kappa shape index (κ1) is 19.1. The quantitative estimate of drug-likeness (QED) is 0.643. The van der Waals surface area contributed by atoms with Crippen molar-refractivity contribution in [1.29, 1.82) is 0 Å². The average Bonchev–Trinajstić information content (AvgIpc) is 3.13. The summed E-state index contributed by atoms with van der Waals surface area (Å²) in [5.74, 6) is 0.0372. The zero-order valence-electron chi connectivity index (χ0n) is 14.5. The molecule has 1 aromatic carbocycles. The SMILES string of the molecule is CC(CN)CNC(=O)c1cccc(NC(=O)CCCc2cccs2)c1. The molecule has 4 N–H and O–H groups in total. The third-order valence-corrected chi connectivity index (χ3v) is 4.77. The fourth-order valence-electron chi connectivity index (χ4n) is 2.29. The van der Waals surface area contributed by atoms with Gasteiger partial charge in [0.1, 0.15) is 0 Å². The largest absolute Gasteiger partial charge is 0.352 e. The molecule has 1 unspecified atom stereocenters. The molecule has 0 spiro atoms. The molecule has 0 radical (unpaired) electrons. The molecule has 1 atom stereocenters. The van der Waals surface area contributed by atoms with Gasteiger partial charge in [-0.05, 0) is 54.9 Å². The molecule has 0 aliphatic rings. The van der Waals surface area contributed by atoms with Gasteiger partial charge in [-0.3, -0.25) is 9.59 Å². The number of carbonyl (C=O) groups excluding carboxylic acids is 2. The molecule has 0 saturated carbocycles. The van der Waals surface area contributed by atoms with Crippen molar-refractivity contribution in [3.8, 4) is 0 Å². The van der Waals surface area contributed by atoms with Crippen LogP contribution < -0.4 is 16.4 Å². The average molecular weight is 359 g/mol. The molecule has 1 aromatic heterocycles. The van der Waals surface area contributed by atoms with Crippen LogP contribution in [0.25, 0.3) is 0 Å². The zero-order chi connectivity index (χ0) is 18.1. The number of carbonyl (C=O) groups is 2. The molecule has 2 amide bonds. The van der Waals surface area contributed by atoms with Crippen molar-refractivity contribution in [2.75, 3.05) is 18.4 Å². The summed E-state index contributed by atoms with van der Waals surface area (Å²) in [5, 5.41) is 7.75. The normalized spacial score (nSPS) is 11.8. The highest BCUT2D eigenvalue weighted by Crippen LogP contribution is 2.14. The summed E-state index contributed by atoms with van der Waals surface area (Å²) in [6.07, 6.45) is 2.18. The van der Waals surface area contributed by atoms with Crippen LogP contribution in [-0.4, -0.2) is 24.9 Å². The first-order valence-corrected chi connectivity index (χ1v) is 9.37. The molecule has 0 bridgehead atoms. The number of hydrogen-bond acceptors (Lipinski definition) is 4. The number of thiophene rings is 1. The molecule has 5 nitrogen and oxygen atoms in total. The van der Waals surface area contributed by atoms with E-state index in [1.807, 2.05) is 18.4 Å². The highest BCUT2D eigenvalue weighted by molar-refractivity contribution is 7.09. The van der Waals surface area contributed by atoms with Gasteiger partial charge >= 0.3 is 0 Å². The Hall–Kier alpha value is -2.18. The standard InChI is InChI=1S/C19H25N3O2S/c1-14(12-20)13-21-19(24)15-5-2-6-16(11-15)22-18(23)9-3-7-17-8-4-10-25-17/h2,4-6,8,10-11,14H,3,7,9,12-13,20H2,1H3,(H,21,24)(H,22,23). The molecule has 134 valence electrons. The fourth-order valence-corrected chi connectivity index (χ4v) is 3.04. The minimum absolute atomic E-state index is 0.0362. The smallest absolute Gasteiger partial charge is 0.251 e. The number of hydrogen-bond donors (Lipinski definition) is 3. The summed E-state index contributed by atoms with van der Waals surface area (Å²) in [6, 6.07) is 11.1. The zero-order valence-corrected chi connectivity index (χ0v) is 15.3. The highest BCUT2D eigenvalue weighted by Gasteiger charge is 2.09. The van der Waals surface area contributed by atoms with Gasteiger partial charge in [-0.2, -0.15) is 0 Å². The Bertz CT molecular complexity index is 686. The van der Waals surface area contributed by atoms with Gasteiger partial charge in [-0.15, -0.1) is 11.3 Å². The van der Waals surface area contributed by atoms with Gasteiger partial charge in [-0.1, -0.05) is 19.1 Å². The molecule has 6 heteroatoms. The molecule has 2 rings (SSSR count). The molecule has 0 fully saturated rings. The topological polar surface area (TPSA) is 84.2 Å². The second-order valence-electron chi connectivity index (χ2n) is 6.11. The highest BCUT2D eigenvalue weighted by atomic mass is 32.1. The van der Waals surface area contributed by atoms with E-state index < -0.39 is 0 Å². The maximum Gasteiger partial charge on any atom is 0.251 e. The van der Waals surface area contributed by atoms with Crippen LogP contribution in [-0.2, 0) is 11.2 Å². The van der Waals surface area contributed by atoms with E-state index in [0.717, 1.165) is 12.8 Å². The molecular formula is C19H25N3O2S. The molecule has 0 aliphatic heterocycles. The summed E-state index contributed by atoms with van der Waals surface area (Å²) < 4.78 is 0. The van der Waals surface area contributed by atoms with Crippen molar-refractivity contribution in [2.45, 2.75) is 26.2 Å². The first-order valence-electron chi connectivity index (χ1n) is 8.49. The third kappa shape index (κ3) is 6.68. The van der Waals surface area contributed by atoms with Crippen molar-refractivity contribution in [3.05, 3.63) is 52.2 Å². The summed E-state index contributed by atoms with van der Waals surface area (Å²) in [5.41, 5.74) is 6.72. The first-order chi connectivity index (χ1) is 12.1. The fraction of sp³-hybridized carbons (Fsp3) is 0.368. The van der Waals surface area contributed by atoms with Crippen LogP contribution in [0.15, 0.2) is 41.8 Å². The lowest BCUT2D eigenvalue weighted by atomic mass is 10.1. The van der Waals surface area contributed by atoms with Gasteiger partial charge in [-0.25, -0.2) is 0 Å². The predicted molar refractivity (Wildman–Crippen MR) is 103 cm³/mol. The van der Waals surface area contributed by atoms with Crippen LogP contribution in [0.1, 0.15) is 35.0 Å². The minimum atomic E-state index is -0.158. The Labute approximate surface area is 152 Å². The Morgan fingerprint density at radius 2 is 2.08 bits per heavy atom. The van der Waals surface area contributed by atoms with E-state index in [2.05, 4.69) is 16.7 Å². The van der Waals surface area contributed by atoms with E-state index in [4.69, 9.17) is 5.73 Å². The number of anilines is 1. The van der Waals surface area contributed by atoms with Crippen molar-refractivity contribution < 1.29 is 9.59 Å². The molecule has 2 aromatic rings. The van der Waals surface area contributed by atoms with Gasteiger partial charge in [0, 0.05) is 29.1 Å². The molecular weight excluding hydrogens is 334 g/mol. The Morgan fingerprint density at radius 1 is 1.24 bits per heavy atom. The van der Waals surface area contributed by atoms with Gasteiger partial charge in [0.15, 0.2) is 0 Å². The van der Waals surface area contributed by atoms with Gasteiger partial charge in [0.25, 0.3) is 5.91 Å². The van der Waals surface area contributed by atoms with Gasteiger partial charge in [0.05, 0.1) is 0 Å². The van der Waals surface area contributed by atoms with Gasteiger partial charge < -0.3 is 16.4 Å². The lowest BCUT2D eigenvalue weighted by Gasteiger charge is -2.11. The minimum Gasteiger partial charge on any atom is -0.352 e. The van der Waals surface area contributed by atoms with E-state index in [9.17, 15) is 9.59 Å². The summed E-state index contributed by atoms with van der Waals surface area (Å²) in [7, 11) is 0. The van der Waals surface area contributed by atoms with E-state index in [-0.39, 0.29) is 17.7 Å². The van der Waals surface area contributed by atoms with Crippen LogP contribution in [0.4, 0.5) is 5.69 Å². The Kier molecular flexibility index (Phi) is 7.63. The van der Waals surface area contributed by atoms with Crippen LogP contribution in [0.3, 0.4) is 0 Å². The monoisotopic (exact) mass is 359 g/mol. The predicted octanol–water partition coefficient (Wildman–Crippen LogP) is 3.03. The summed E-state index contributed by atoms with van der Waals surface area (Å²) in [6.45, 7) is 3.05. The number of amides is 2. The maximum absolute atomic E-state index is 12.1. The number of rotatable bonds is 9. The van der Waals surface area contributed by atoms with E-state index >= 15 is 0 Å². The van der Waals surface area contributed by atoms with Crippen molar-refractivity contribution in [2.24, 2.45) is 11.7 Å². The van der Waals surface area contributed by atoms with Crippen molar-refractivity contribution in [1.82, 2.24) is 5.32 Å². The van der Waals surface area contributed by atoms with Crippen LogP contribution >= 0.6 is 11.3 Å². The Balaban J connectivity index is 1.81. The molecule has 0 aliphatic carbocycles. The van der Waals surface area contributed by atoms with Crippen LogP contribution in [0.2, 0.25) is 0 Å². The second kappa shape index (κ2) is 9.96. The lowest BCUT2D eigenvalue weighted by molar-refractivity contribution is -0.116. The lowest BCUT2D eigenvalue weighted by Crippen LogP contribution is -2.31. The summed E-state index contributed by atoms with van der Waals surface area (Å²) in [4.78, 5) is 25.5. The molecule has 1 heterocycles. The maximum atomic E-state index is 12.1. The number of nitrogens with one attached hydrogen (secondary N) is 2. The van der Waals surface area contributed by atoms with E-state index in [0.29, 0.717) is 30.8 Å². The molecule has 0 saturated heterocycles. The van der Waals surface area contributed by atoms with Crippen LogP contribution in [0.5, 0.6) is 0 Å². The van der Waals surface area contributed by atoms with Crippen molar-refractivity contribution in [3.63, 3.8) is 0 Å². The van der Waals surface area contributed by atoms with Crippen molar-refractivity contribution >= 4 is 28.8 Å². The van der Waals surface area contributed by atoms with Crippen LogP contribution in [0, 0.1) is 5.92 Å². The van der Waals surface area contributed by atoms with Gasteiger partial charge in [0.2, 0.25) is 5.91 Å². The number of aryl methyl sites for hydroxylation is 1. The Morgan fingerprint density at radius 3 is 2.80 bits per heavy atom. The third-order valence-electron chi connectivity index (χ3n) is 3.83.